The van der Waals surface area contributed by atoms with Crippen molar-refractivity contribution in [3.05, 3.63) is 70.2 Å². The lowest BCUT2D eigenvalue weighted by Crippen LogP contribution is -2.34. The Kier molecular flexibility index (Phi) is 6.44. The van der Waals surface area contributed by atoms with Gasteiger partial charge in [0.25, 0.3) is 0 Å². The van der Waals surface area contributed by atoms with Gasteiger partial charge < -0.3 is 11.1 Å². The second kappa shape index (κ2) is 8.15. The number of benzene rings is 2. The maximum Gasteiger partial charge on any atom is 0.221 e. The number of carbonyl (C=O) groups excluding carboxylic acids is 1. The lowest BCUT2D eigenvalue weighted by Gasteiger charge is -2.18. The van der Waals surface area contributed by atoms with Crippen molar-refractivity contribution in [3.63, 3.8) is 0 Å². The van der Waals surface area contributed by atoms with Crippen molar-refractivity contribution < 1.29 is 4.79 Å². The molecule has 1 unspecified atom stereocenters. The third-order valence-electron chi connectivity index (χ3n) is 4.55. The van der Waals surface area contributed by atoms with Crippen molar-refractivity contribution in [1.29, 1.82) is 0 Å². The number of amides is 1. The molecule has 1 aliphatic rings. The van der Waals surface area contributed by atoms with Crippen LogP contribution in [0.3, 0.4) is 0 Å². The molecule has 3 nitrogen and oxygen atoms in total. The number of hydrogen-bond acceptors (Lipinski definition) is 2. The molecule has 3 N–H and O–H groups in total. The van der Waals surface area contributed by atoms with Crippen LogP contribution >= 0.6 is 28.3 Å². The zero-order valence-corrected chi connectivity index (χ0v) is 15.8. The number of carbonyl (C=O) groups is 1. The molecule has 1 atom stereocenters. The van der Waals surface area contributed by atoms with Crippen molar-refractivity contribution in [1.82, 2.24) is 5.32 Å². The van der Waals surface area contributed by atoms with Crippen LogP contribution in [0.5, 0.6) is 0 Å². The first-order chi connectivity index (χ1) is 11.1. The molecule has 1 fully saturated rings. The summed E-state index contributed by atoms with van der Waals surface area (Å²) in [6, 6.07) is 17.9. The summed E-state index contributed by atoms with van der Waals surface area (Å²) in [6.45, 7) is 0.684. The minimum absolute atomic E-state index is 0. The topological polar surface area (TPSA) is 55.1 Å². The van der Waals surface area contributed by atoms with Gasteiger partial charge in [-0.05, 0) is 36.1 Å². The van der Waals surface area contributed by atoms with Crippen molar-refractivity contribution in [2.75, 3.05) is 6.54 Å². The molecule has 0 bridgehead atoms. The Bertz CT molecular complexity index is 689. The second-order valence-electron chi connectivity index (χ2n) is 6.29. The van der Waals surface area contributed by atoms with Crippen LogP contribution in [0.4, 0.5) is 0 Å². The van der Waals surface area contributed by atoms with Crippen molar-refractivity contribution in [2.45, 2.75) is 30.7 Å². The first kappa shape index (κ1) is 19.0. The Morgan fingerprint density at radius 2 is 1.88 bits per heavy atom. The number of nitrogens with one attached hydrogen (secondary N) is 1. The fourth-order valence-corrected chi connectivity index (χ4v) is 3.29. The predicted molar refractivity (Wildman–Crippen MR) is 103 cm³/mol. The summed E-state index contributed by atoms with van der Waals surface area (Å²) >= 11 is 3.52. The van der Waals surface area contributed by atoms with Crippen molar-refractivity contribution in [2.24, 2.45) is 5.73 Å². The van der Waals surface area contributed by atoms with E-state index in [1.807, 2.05) is 42.5 Å². The SMILES string of the molecule is Cl.NC(CC(=O)NCC1(c2cccc(Br)c2)CC1)c1ccccc1. The molecule has 1 aliphatic carbocycles. The Hall–Kier alpha value is -1.36. The van der Waals surface area contributed by atoms with E-state index >= 15 is 0 Å². The third kappa shape index (κ3) is 4.59. The highest BCUT2D eigenvalue weighted by molar-refractivity contribution is 9.10. The van der Waals surface area contributed by atoms with Gasteiger partial charge >= 0.3 is 0 Å². The van der Waals surface area contributed by atoms with Gasteiger partial charge in [-0.15, -0.1) is 12.4 Å². The Balaban J connectivity index is 0.00000208. The molecule has 0 saturated heterocycles. The van der Waals surface area contributed by atoms with E-state index in [0.29, 0.717) is 13.0 Å². The van der Waals surface area contributed by atoms with E-state index in [-0.39, 0.29) is 29.8 Å². The van der Waals surface area contributed by atoms with E-state index in [1.54, 1.807) is 0 Å². The van der Waals surface area contributed by atoms with Gasteiger partial charge in [0.15, 0.2) is 0 Å². The number of halogens is 2. The van der Waals surface area contributed by atoms with Gasteiger partial charge in [-0.25, -0.2) is 0 Å². The zero-order valence-electron chi connectivity index (χ0n) is 13.4. The van der Waals surface area contributed by atoms with Gasteiger partial charge in [-0.1, -0.05) is 58.4 Å². The van der Waals surface area contributed by atoms with E-state index in [4.69, 9.17) is 5.73 Å². The standard InChI is InChI=1S/C19H21BrN2O.ClH/c20-16-8-4-7-15(11-16)19(9-10-19)13-22-18(23)12-17(21)14-5-2-1-3-6-14;/h1-8,11,17H,9-10,12-13,21H2,(H,22,23);1H. The van der Waals surface area contributed by atoms with Crippen LogP contribution in [0.25, 0.3) is 0 Å². The van der Waals surface area contributed by atoms with Crippen LogP contribution in [-0.2, 0) is 10.2 Å². The van der Waals surface area contributed by atoms with Crippen molar-refractivity contribution >= 4 is 34.2 Å². The minimum Gasteiger partial charge on any atom is -0.355 e. The van der Waals surface area contributed by atoms with E-state index in [9.17, 15) is 4.79 Å². The average Bonchev–Trinajstić information content (AvgIpc) is 3.35. The van der Waals surface area contributed by atoms with Crippen LogP contribution in [0.15, 0.2) is 59.1 Å². The molecule has 2 aromatic rings. The smallest absolute Gasteiger partial charge is 0.221 e. The van der Waals surface area contributed by atoms with Gasteiger partial charge in [-0.2, -0.15) is 0 Å². The number of nitrogens with two attached hydrogens (primary N) is 1. The first-order valence-electron chi connectivity index (χ1n) is 7.92. The summed E-state index contributed by atoms with van der Waals surface area (Å²) in [4.78, 5) is 12.2. The fourth-order valence-electron chi connectivity index (χ4n) is 2.89. The normalized spacial score (nSPS) is 15.9. The van der Waals surface area contributed by atoms with Gasteiger partial charge in [0.05, 0.1) is 0 Å². The summed E-state index contributed by atoms with van der Waals surface area (Å²) in [5.74, 6) is 0.0163. The summed E-state index contributed by atoms with van der Waals surface area (Å²) in [5.41, 5.74) is 8.51. The van der Waals surface area contributed by atoms with E-state index in [1.165, 1.54) is 5.56 Å². The van der Waals surface area contributed by atoms with Crippen LogP contribution in [0.2, 0.25) is 0 Å². The maximum absolute atomic E-state index is 12.2. The lowest BCUT2D eigenvalue weighted by atomic mass is 9.96. The summed E-state index contributed by atoms with van der Waals surface area (Å²) < 4.78 is 1.08. The first-order valence-corrected chi connectivity index (χ1v) is 8.72. The zero-order chi connectivity index (χ0) is 16.3. The molecule has 2 aromatic carbocycles. The van der Waals surface area contributed by atoms with E-state index in [2.05, 4.69) is 33.4 Å². The van der Waals surface area contributed by atoms with Crippen LogP contribution in [-0.4, -0.2) is 12.5 Å². The molecule has 1 saturated carbocycles. The molecule has 0 spiro atoms. The quantitative estimate of drug-likeness (QED) is 0.754. The number of rotatable bonds is 6. The van der Waals surface area contributed by atoms with Gasteiger partial charge in [0, 0.05) is 28.9 Å². The van der Waals surface area contributed by atoms with E-state index < -0.39 is 0 Å². The van der Waals surface area contributed by atoms with Gasteiger partial charge in [-0.3, -0.25) is 4.79 Å². The highest BCUT2D eigenvalue weighted by Crippen LogP contribution is 2.48. The van der Waals surface area contributed by atoms with Crippen LogP contribution in [0.1, 0.15) is 36.4 Å². The monoisotopic (exact) mass is 408 g/mol. The van der Waals surface area contributed by atoms with Crippen LogP contribution < -0.4 is 11.1 Å². The molecule has 24 heavy (non-hydrogen) atoms. The summed E-state index contributed by atoms with van der Waals surface area (Å²) in [7, 11) is 0. The molecule has 0 aromatic heterocycles. The molecular weight excluding hydrogens is 388 g/mol. The molecule has 0 radical (unpaired) electrons. The molecule has 5 heteroatoms. The Morgan fingerprint density at radius 1 is 1.17 bits per heavy atom. The molecule has 0 aliphatic heterocycles. The Morgan fingerprint density at radius 3 is 2.50 bits per heavy atom. The lowest BCUT2D eigenvalue weighted by molar-refractivity contribution is -0.121. The molecule has 3 rings (SSSR count). The summed E-state index contributed by atoms with van der Waals surface area (Å²) in [6.07, 6.45) is 2.56. The molecule has 1 amide bonds. The molecule has 128 valence electrons. The molecule has 0 heterocycles. The highest BCUT2D eigenvalue weighted by Gasteiger charge is 2.44. The summed E-state index contributed by atoms with van der Waals surface area (Å²) in [5, 5.41) is 3.07. The van der Waals surface area contributed by atoms with Crippen LogP contribution in [0, 0.1) is 0 Å². The van der Waals surface area contributed by atoms with Gasteiger partial charge in [0.2, 0.25) is 5.91 Å². The maximum atomic E-state index is 12.2. The minimum atomic E-state index is -0.253. The average molecular weight is 410 g/mol. The molecular formula is C19H22BrClN2O. The van der Waals surface area contributed by atoms with Gasteiger partial charge in [0.1, 0.15) is 0 Å². The highest BCUT2D eigenvalue weighted by atomic mass is 79.9. The third-order valence-corrected chi connectivity index (χ3v) is 5.04. The number of hydrogen-bond donors (Lipinski definition) is 2. The van der Waals surface area contributed by atoms with E-state index in [0.717, 1.165) is 22.9 Å². The largest absolute Gasteiger partial charge is 0.355 e. The second-order valence-corrected chi connectivity index (χ2v) is 7.20. The predicted octanol–water partition coefficient (Wildman–Crippen LogP) is 4.11. The van der Waals surface area contributed by atoms with Crippen molar-refractivity contribution in [3.8, 4) is 0 Å². The Labute approximate surface area is 157 Å². The fraction of sp³-hybridized carbons (Fsp3) is 0.316.